The molecule has 0 bridgehead atoms. The monoisotopic (exact) mass is 323 g/mol. The van der Waals surface area contributed by atoms with E-state index in [2.05, 4.69) is 24.3 Å². The molecule has 0 radical (unpaired) electrons. The van der Waals surface area contributed by atoms with Crippen LogP contribution in [-0.4, -0.2) is 23.9 Å². The number of allylic oxidation sites excluding steroid dienone is 1. The largest absolute Gasteiger partial charge is 0.339 e. The van der Waals surface area contributed by atoms with E-state index in [0.29, 0.717) is 5.92 Å². The van der Waals surface area contributed by atoms with Crippen LogP contribution in [-0.2, 0) is 4.79 Å². The average molecular weight is 323 g/mol. The number of rotatable bonds is 3. The van der Waals surface area contributed by atoms with Crippen molar-refractivity contribution in [2.75, 3.05) is 13.1 Å². The van der Waals surface area contributed by atoms with Crippen LogP contribution in [0.5, 0.6) is 0 Å². The summed E-state index contributed by atoms with van der Waals surface area (Å²) < 4.78 is 13.0. The van der Waals surface area contributed by atoms with Gasteiger partial charge in [0, 0.05) is 19.2 Å². The number of halogens is 1. The highest BCUT2D eigenvalue weighted by Crippen LogP contribution is 2.28. The van der Waals surface area contributed by atoms with Crippen molar-refractivity contribution in [3.05, 3.63) is 77.6 Å². The number of amides is 1. The van der Waals surface area contributed by atoms with Gasteiger partial charge in [0.25, 0.3) is 0 Å². The van der Waals surface area contributed by atoms with Crippen molar-refractivity contribution in [1.29, 1.82) is 0 Å². The van der Waals surface area contributed by atoms with Crippen molar-refractivity contribution >= 4 is 11.5 Å². The van der Waals surface area contributed by atoms with E-state index in [1.807, 2.05) is 17.9 Å². The summed E-state index contributed by atoms with van der Waals surface area (Å²) in [5, 5.41) is 0. The molecular weight excluding hydrogens is 301 g/mol. The first-order valence-electron chi connectivity index (χ1n) is 8.41. The Balaban J connectivity index is 1.61. The predicted molar refractivity (Wildman–Crippen MR) is 95.0 cm³/mol. The van der Waals surface area contributed by atoms with Crippen LogP contribution in [0.25, 0.3) is 5.57 Å². The summed E-state index contributed by atoms with van der Waals surface area (Å²) in [7, 11) is 0. The molecule has 1 amide bonds. The molecule has 24 heavy (non-hydrogen) atoms. The number of likely N-dealkylation sites (tertiary alicyclic amines) is 1. The van der Waals surface area contributed by atoms with Gasteiger partial charge in [-0.1, -0.05) is 42.5 Å². The highest BCUT2D eigenvalue weighted by molar-refractivity contribution is 5.94. The lowest BCUT2D eigenvalue weighted by Gasteiger charge is -2.31. The van der Waals surface area contributed by atoms with Crippen molar-refractivity contribution < 1.29 is 9.18 Å². The number of carbonyl (C=O) groups is 1. The van der Waals surface area contributed by atoms with E-state index in [-0.39, 0.29) is 11.7 Å². The lowest BCUT2D eigenvalue weighted by Crippen LogP contribution is -2.37. The molecule has 3 heteroatoms. The Morgan fingerprint density at radius 3 is 2.29 bits per heavy atom. The van der Waals surface area contributed by atoms with Gasteiger partial charge in [-0.3, -0.25) is 4.79 Å². The van der Waals surface area contributed by atoms with Crippen LogP contribution in [0.4, 0.5) is 4.39 Å². The Morgan fingerprint density at radius 2 is 1.67 bits per heavy atom. The number of carbonyl (C=O) groups excluding carboxylic acids is 1. The van der Waals surface area contributed by atoms with Gasteiger partial charge in [0.1, 0.15) is 5.82 Å². The zero-order chi connectivity index (χ0) is 16.9. The van der Waals surface area contributed by atoms with Crippen molar-refractivity contribution in [3.8, 4) is 0 Å². The van der Waals surface area contributed by atoms with Crippen molar-refractivity contribution in [2.45, 2.75) is 25.7 Å². The summed E-state index contributed by atoms with van der Waals surface area (Å²) in [5.74, 6) is 0.321. The van der Waals surface area contributed by atoms with Crippen LogP contribution in [0.2, 0.25) is 0 Å². The molecule has 2 aromatic rings. The van der Waals surface area contributed by atoms with E-state index >= 15 is 0 Å². The van der Waals surface area contributed by atoms with Gasteiger partial charge in [-0.25, -0.2) is 4.39 Å². The molecule has 1 fully saturated rings. The molecule has 0 N–H and O–H groups in total. The molecule has 0 aromatic heterocycles. The molecule has 1 heterocycles. The molecule has 1 aliphatic rings. The first-order chi connectivity index (χ1) is 11.6. The third kappa shape index (κ3) is 3.91. The molecule has 1 aliphatic heterocycles. The average Bonchev–Trinajstić information content (AvgIpc) is 2.63. The minimum Gasteiger partial charge on any atom is -0.339 e. The lowest BCUT2D eigenvalue weighted by molar-refractivity contribution is -0.127. The normalized spacial score (nSPS) is 16.2. The third-order valence-corrected chi connectivity index (χ3v) is 4.72. The predicted octanol–water partition coefficient (Wildman–Crippen LogP) is 4.64. The molecule has 0 unspecified atom stereocenters. The zero-order valence-electron chi connectivity index (χ0n) is 13.9. The van der Waals surface area contributed by atoms with E-state index < -0.39 is 0 Å². The summed E-state index contributed by atoms with van der Waals surface area (Å²) in [5.41, 5.74) is 3.11. The second-order valence-corrected chi connectivity index (χ2v) is 6.34. The van der Waals surface area contributed by atoms with Gasteiger partial charge in [-0.05, 0) is 54.5 Å². The lowest BCUT2D eigenvalue weighted by atomic mass is 9.89. The smallest absolute Gasteiger partial charge is 0.246 e. The molecule has 2 aromatic carbocycles. The van der Waals surface area contributed by atoms with Gasteiger partial charge >= 0.3 is 0 Å². The van der Waals surface area contributed by atoms with Gasteiger partial charge in [0.15, 0.2) is 0 Å². The Labute approximate surface area is 142 Å². The molecule has 124 valence electrons. The standard InChI is InChI=1S/C21H22FNO/c1-16(17-7-9-20(22)10-8-17)15-21(24)23-13-11-19(12-14-23)18-5-3-2-4-6-18/h2-10,15,19H,11-14H2,1H3. The van der Waals surface area contributed by atoms with Crippen LogP contribution in [0, 0.1) is 5.82 Å². The molecule has 2 nitrogen and oxygen atoms in total. The topological polar surface area (TPSA) is 20.3 Å². The van der Waals surface area contributed by atoms with Crippen LogP contribution in [0.1, 0.15) is 36.8 Å². The summed E-state index contributed by atoms with van der Waals surface area (Å²) in [4.78, 5) is 14.4. The molecule has 0 saturated carbocycles. The maximum atomic E-state index is 13.0. The first-order valence-corrected chi connectivity index (χ1v) is 8.41. The number of nitrogens with zero attached hydrogens (tertiary/aromatic N) is 1. The second kappa shape index (κ2) is 7.43. The number of hydrogen-bond donors (Lipinski definition) is 0. The Hall–Kier alpha value is -2.42. The van der Waals surface area contributed by atoms with Crippen LogP contribution < -0.4 is 0 Å². The van der Waals surface area contributed by atoms with E-state index in [1.165, 1.54) is 17.7 Å². The first kappa shape index (κ1) is 16.4. The van der Waals surface area contributed by atoms with Crippen molar-refractivity contribution in [2.24, 2.45) is 0 Å². The van der Waals surface area contributed by atoms with Crippen LogP contribution in [0.3, 0.4) is 0 Å². The number of piperidine rings is 1. The van der Waals surface area contributed by atoms with Gasteiger partial charge in [0.05, 0.1) is 0 Å². The Kier molecular flexibility index (Phi) is 5.09. The maximum absolute atomic E-state index is 13.0. The minimum atomic E-state index is -0.263. The fraction of sp³-hybridized carbons (Fsp3) is 0.286. The quantitative estimate of drug-likeness (QED) is 0.754. The molecule has 3 rings (SSSR count). The SMILES string of the molecule is CC(=CC(=O)N1CCC(c2ccccc2)CC1)c1ccc(F)cc1. The molecular formula is C21H22FNO. The summed E-state index contributed by atoms with van der Waals surface area (Å²) in [6, 6.07) is 16.8. The van der Waals surface area contributed by atoms with E-state index in [9.17, 15) is 9.18 Å². The fourth-order valence-electron chi connectivity index (χ4n) is 3.23. The fourth-order valence-corrected chi connectivity index (χ4v) is 3.23. The number of benzene rings is 2. The maximum Gasteiger partial charge on any atom is 0.246 e. The summed E-state index contributed by atoms with van der Waals surface area (Å²) >= 11 is 0. The highest BCUT2D eigenvalue weighted by atomic mass is 19.1. The Bertz CT molecular complexity index is 713. The minimum absolute atomic E-state index is 0.0448. The number of hydrogen-bond acceptors (Lipinski definition) is 1. The third-order valence-electron chi connectivity index (χ3n) is 4.72. The summed E-state index contributed by atoms with van der Waals surface area (Å²) in [6.45, 7) is 3.46. The molecule has 0 aliphatic carbocycles. The molecule has 1 saturated heterocycles. The second-order valence-electron chi connectivity index (χ2n) is 6.34. The van der Waals surface area contributed by atoms with Crippen LogP contribution >= 0.6 is 0 Å². The van der Waals surface area contributed by atoms with Gasteiger partial charge in [-0.15, -0.1) is 0 Å². The van der Waals surface area contributed by atoms with E-state index in [0.717, 1.165) is 37.1 Å². The summed E-state index contributed by atoms with van der Waals surface area (Å²) in [6.07, 6.45) is 3.66. The molecule has 0 spiro atoms. The van der Waals surface area contributed by atoms with E-state index in [4.69, 9.17) is 0 Å². The van der Waals surface area contributed by atoms with Gasteiger partial charge in [0.2, 0.25) is 5.91 Å². The van der Waals surface area contributed by atoms with Crippen LogP contribution in [0.15, 0.2) is 60.7 Å². The van der Waals surface area contributed by atoms with Crippen molar-refractivity contribution in [3.63, 3.8) is 0 Å². The Morgan fingerprint density at radius 1 is 1.04 bits per heavy atom. The van der Waals surface area contributed by atoms with E-state index in [1.54, 1.807) is 18.2 Å². The highest BCUT2D eigenvalue weighted by Gasteiger charge is 2.22. The van der Waals surface area contributed by atoms with Crippen molar-refractivity contribution in [1.82, 2.24) is 4.90 Å². The van der Waals surface area contributed by atoms with Gasteiger partial charge < -0.3 is 4.90 Å². The molecule has 0 atom stereocenters. The van der Waals surface area contributed by atoms with Gasteiger partial charge in [-0.2, -0.15) is 0 Å². The zero-order valence-corrected chi connectivity index (χ0v) is 13.9.